The lowest BCUT2D eigenvalue weighted by atomic mass is 10.3. The van der Waals surface area contributed by atoms with E-state index in [1.165, 1.54) is 12.1 Å². The SMILES string of the molecule is Nc1ccc(Br)c(S(=O)(=O)NCC(F)(F)CO)c1. The lowest BCUT2D eigenvalue weighted by Gasteiger charge is -2.15. The fourth-order valence-electron chi connectivity index (χ4n) is 1.06. The highest BCUT2D eigenvalue weighted by atomic mass is 79.9. The van der Waals surface area contributed by atoms with Crippen LogP contribution in [0.5, 0.6) is 0 Å². The van der Waals surface area contributed by atoms with Crippen molar-refractivity contribution in [2.75, 3.05) is 18.9 Å². The van der Waals surface area contributed by atoms with Gasteiger partial charge in [0.15, 0.2) is 0 Å². The molecule has 0 amide bonds. The topological polar surface area (TPSA) is 92.4 Å². The maximum absolute atomic E-state index is 12.8. The Hall–Kier alpha value is -0.770. The van der Waals surface area contributed by atoms with Crippen molar-refractivity contribution in [1.82, 2.24) is 4.72 Å². The van der Waals surface area contributed by atoms with E-state index in [1.807, 2.05) is 0 Å². The Morgan fingerprint density at radius 3 is 2.61 bits per heavy atom. The lowest BCUT2D eigenvalue weighted by Crippen LogP contribution is -2.39. The molecule has 0 radical (unpaired) electrons. The van der Waals surface area contributed by atoms with Crippen LogP contribution >= 0.6 is 15.9 Å². The van der Waals surface area contributed by atoms with Gasteiger partial charge in [-0.15, -0.1) is 0 Å². The number of sulfonamides is 1. The molecule has 0 saturated heterocycles. The highest BCUT2D eigenvalue weighted by Crippen LogP contribution is 2.24. The van der Waals surface area contributed by atoms with Crippen LogP contribution in [0.2, 0.25) is 0 Å². The Kier molecular flexibility index (Phi) is 4.65. The molecular formula is C9H11BrF2N2O3S. The minimum atomic E-state index is -4.12. The molecule has 102 valence electrons. The van der Waals surface area contributed by atoms with E-state index in [4.69, 9.17) is 10.8 Å². The first-order valence-corrected chi connectivity index (χ1v) is 6.99. The van der Waals surface area contributed by atoms with Crippen molar-refractivity contribution in [2.45, 2.75) is 10.8 Å². The van der Waals surface area contributed by atoms with Gasteiger partial charge in [-0.2, -0.15) is 0 Å². The third kappa shape index (κ3) is 3.87. The molecule has 0 aliphatic rings. The molecule has 0 atom stereocenters. The number of hydrogen-bond acceptors (Lipinski definition) is 4. The van der Waals surface area contributed by atoms with E-state index in [1.54, 1.807) is 4.72 Å². The Bertz CT molecular complexity index is 537. The second kappa shape index (κ2) is 5.47. The summed E-state index contributed by atoms with van der Waals surface area (Å²) in [7, 11) is -4.12. The van der Waals surface area contributed by atoms with Crippen LogP contribution in [0.15, 0.2) is 27.6 Å². The first-order valence-electron chi connectivity index (χ1n) is 4.71. The van der Waals surface area contributed by atoms with Crippen LogP contribution < -0.4 is 10.5 Å². The highest BCUT2D eigenvalue weighted by Gasteiger charge is 2.30. The van der Waals surface area contributed by atoms with E-state index in [2.05, 4.69) is 15.9 Å². The summed E-state index contributed by atoms with van der Waals surface area (Å²) in [6.07, 6.45) is 0. The summed E-state index contributed by atoms with van der Waals surface area (Å²) in [6.45, 7) is -2.62. The third-order valence-electron chi connectivity index (χ3n) is 2.00. The van der Waals surface area contributed by atoms with Gasteiger partial charge >= 0.3 is 0 Å². The normalized spacial score (nSPS) is 12.7. The van der Waals surface area contributed by atoms with Crippen LogP contribution in [-0.2, 0) is 10.0 Å². The van der Waals surface area contributed by atoms with E-state index in [0.717, 1.165) is 6.07 Å². The minimum absolute atomic E-state index is 0.187. The number of alkyl halides is 2. The largest absolute Gasteiger partial charge is 0.399 e. The number of nitrogen functional groups attached to an aromatic ring is 1. The fraction of sp³-hybridized carbons (Fsp3) is 0.333. The van der Waals surface area contributed by atoms with Crippen LogP contribution in [0.3, 0.4) is 0 Å². The predicted molar refractivity (Wildman–Crippen MR) is 65.8 cm³/mol. The summed E-state index contributed by atoms with van der Waals surface area (Å²) in [5.41, 5.74) is 5.62. The van der Waals surface area contributed by atoms with Crippen LogP contribution in [-0.4, -0.2) is 32.6 Å². The molecule has 9 heteroatoms. The van der Waals surface area contributed by atoms with E-state index in [9.17, 15) is 17.2 Å². The zero-order chi connectivity index (χ0) is 14.0. The molecule has 1 aromatic carbocycles. The number of aliphatic hydroxyl groups is 1. The van der Waals surface area contributed by atoms with Crippen LogP contribution in [0.25, 0.3) is 0 Å². The monoisotopic (exact) mass is 344 g/mol. The van der Waals surface area contributed by atoms with Crippen LogP contribution in [0.4, 0.5) is 14.5 Å². The van der Waals surface area contributed by atoms with Crippen LogP contribution in [0.1, 0.15) is 0 Å². The molecule has 1 aromatic rings. The summed E-state index contributed by atoms with van der Waals surface area (Å²) in [5, 5.41) is 8.35. The first-order chi connectivity index (χ1) is 8.18. The molecule has 0 aliphatic heterocycles. The van der Waals surface area contributed by atoms with Crippen molar-refractivity contribution in [3.63, 3.8) is 0 Å². The molecule has 18 heavy (non-hydrogen) atoms. The molecule has 0 aromatic heterocycles. The maximum Gasteiger partial charge on any atom is 0.283 e. The Balaban J connectivity index is 2.97. The van der Waals surface area contributed by atoms with Gasteiger partial charge in [0.05, 0.1) is 11.4 Å². The number of nitrogens with two attached hydrogens (primary N) is 1. The van der Waals surface area contributed by atoms with Gasteiger partial charge in [0, 0.05) is 10.2 Å². The molecule has 0 heterocycles. The van der Waals surface area contributed by atoms with Crippen molar-refractivity contribution in [3.05, 3.63) is 22.7 Å². The van der Waals surface area contributed by atoms with Gasteiger partial charge in [0.2, 0.25) is 10.0 Å². The Morgan fingerprint density at radius 1 is 1.44 bits per heavy atom. The molecular weight excluding hydrogens is 334 g/mol. The van der Waals surface area contributed by atoms with Crippen molar-refractivity contribution < 1.29 is 22.3 Å². The summed E-state index contributed by atoms with van der Waals surface area (Å²) in [6, 6.07) is 4.00. The van der Waals surface area contributed by atoms with Crippen molar-refractivity contribution in [2.24, 2.45) is 0 Å². The lowest BCUT2D eigenvalue weighted by molar-refractivity contribution is -0.0437. The number of benzene rings is 1. The summed E-state index contributed by atoms with van der Waals surface area (Å²) in [4.78, 5) is -0.240. The smallest absolute Gasteiger partial charge is 0.283 e. The van der Waals surface area contributed by atoms with Crippen molar-refractivity contribution in [1.29, 1.82) is 0 Å². The van der Waals surface area contributed by atoms with Gasteiger partial charge in [-0.1, -0.05) is 0 Å². The third-order valence-corrected chi connectivity index (χ3v) is 4.39. The fourth-order valence-corrected chi connectivity index (χ4v) is 3.12. The zero-order valence-electron chi connectivity index (χ0n) is 9.03. The van der Waals surface area contributed by atoms with Crippen molar-refractivity contribution >= 4 is 31.6 Å². The van der Waals surface area contributed by atoms with E-state index >= 15 is 0 Å². The number of aliphatic hydroxyl groups excluding tert-OH is 1. The van der Waals surface area contributed by atoms with Gasteiger partial charge in [0.25, 0.3) is 5.92 Å². The summed E-state index contributed by atoms with van der Waals surface area (Å²) in [5.74, 6) is -3.51. The summed E-state index contributed by atoms with van der Waals surface area (Å²) < 4.78 is 51.0. The molecule has 0 saturated carbocycles. The van der Waals surface area contributed by atoms with E-state index in [-0.39, 0.29) is 15.1 Å². The van der Waals surface area contributed by atoms with Gasteiger partial charge in [-0.25, -0.2) is 21.9 Å². The summed E-state index contributed by atoms with van der Waals surface area (Å²) >= 11 is 2.99. The first kappa shape index (κ1) is 15.3. The Labute approximate surface area is 111 Å². The average Bonchev–Trinajstić information content (AvgIpc) is 2.30. The number of nitrogens with one attached hydrogen (secondary N) is 1. The van der Waals surface area contributed by atoms with Crippen molar-refractivity contribution in [3.8, 4) is 0 Å². The second-order valence-corrected chi connectivity index (χ2v) is 6.12. The average molecular weight is 345 g/mol. The minimum Gasteiger partial charge on any atom is -0.399 e. The Morgan fingerprint density at radius 2 is 2.06 bits per heavy atom. The standard InChI is InChI=1S/C9H11BrF2N2O3S/c10-7-2-1-6(13)3-8(7)18(16,17)14-4-9(11,12)5-15/h1-3,14-15H,4-5,13H2. The van der Waals surface area contributed by atoms with Crippen LogP contribution in [0, 0.1) is 0 Å². The van der Waals surface area contributed by atoms with Gasteiger partial charge in [-0.3, -0.25) is 0 Å². The molecule has 0 bridgehead atoms. The van der Waals surface area contributed by atoms with E-state index < -0.39 is 29.1 Å². The zero-order valence-corrected chi connectivity index (χ0v) is 11.4. The highest BCUT2D eigenvalue weighted by molar-refractivity contribution is 9.10. The number of hydrogen-bond donors (Lipinski definition) is 3. The maximum atomic E-state index is 12.8. The quantitative estimate of drug-likeness (QED) is 0.693. The molecule has 4 N–H and O–H groups in total. The molecule has 0 aliphatic carbocycles. The number of rotatable bonds is 5. The molecule has 0 unspecified atom stereocenters. The number of halogens is 3. The van der Waals surface area contributed by atoms with E-state index in [0.29, 0.717) is 0 Å². The van der Waals surface area contributed by atoms with Gasteiger partial charge in [0.1, 0.15) is 6.61 Å². The second-order valence-electron chi connectivity index (χ2n) is 3.53. The molecule has 0 spiro atoms. The molecule has 1 rings (SSSR count). The molecule has 0 fully saturated rings. The predicted octanol–water partition coefficient (Wildman–Crippen LogP) is 0.937. The number of anilines is 1. The molecule has 5 nitrogen and oxygen atoms in total. The van der Waals surface area contributed by atoms with Gasteiger partial charge in [-0.05, 0) is 34.1 Å². The van der Waals surface area contributed by atoms with Gasteiger partial charge < -0.3 is 10.8 Å².